The number of phenolic OH excluding ortho intramolecular Hbond substituents is 2. The van der Waals surface area contributed by atoms with Crippen molar-refractivity contribution in [3.63, 3.8) is 0 Å². The zero-order valence-corrected chi connectivity index (χ0v) is 76.4. The first-order valence-electron chi connectivity index (χ1n) is 43.5. The molecule has 2 aliphatic rings. The third-order valence-electron chi connectivity index (χ3n) is 22.0. The number of aliphatic carboxylic acids is 3. The van der Waals surface area contributed by atoms with Crippen molar-refractivity contribution in [2.45, 2.75) is 230 Å². The molecule has 746 valence electrons. The maximum atomic E-state index is 14.4. The van der Waals surface area contributed by atoms with Crippen molar-refractivity contribution in [1.29, 1.82) is 5.41 Å². The number of hydrogen-bond acceptors (Lipinski definition) is 28. The van der Waals surface area contributed by atoms with E-state index < -0.39 is 278 Å². The minimum absolute atomic E-state index is 0.0285. The number of benzene rings is 3. The Hall–Kier alpha value is -16.4. The summed E-state index contributed by atoms with van der Waals surface area (Å²) in [7, 11) is 0. The van der Waals surface area contributed by atoms with Gasteiger partial charge in [-0.1, -0.05) is 34.1 Å². The third kappa shape index (κ3) is 31.1. The van der Waals surface area contributed by atoms with Crippen LogP contribution in [0.4, 0.5) is 0 Å². The van der Waals surface area contributed by atoms with E-state index in [-0.39, 0.29) is 107 Å². The average Bonchev–Trinajstić information content (AvgIpc) is 1.54. The number of primary amides is 2. The van der Waals surface area contributed by atoms with E-state index in [0.29, 0.717) is 0 Å². The number of hydrogen-bond donors (Lipinski definition) is 27. The van der Waals surface area contributed by atoms with Crippen LogP contribution >= 0.6 is 0 Å². The maximum Gasteiger partial charge on any atom is 0.340 e. The SMILES string of the molecule is CC[C@H](C)[C@H](NC(=O)[C@H](CCC(=O)O)NC(=O)[C@H](C)NC(=O)[C@H](Cc1c[nH]cn1)NC(=O)[C@H](C)NC(=O)[C@H](C)NC(=O)[C@H](Cc1c[nH]cn1)NC(=O)[C@@H](NC(=O)[C@H](C)NC(=O)[C@H](CCC(N)=O)NC(=O)c1ccc2c(c1)C1(OC2=O)c2ccc(O)cc2Oc2cc(O)ccc21)C(C)C)C(=O)N[C@@H](CC(N)=O)C(=O)N[C@@H](CCC(=O)O)C(=O)N[C@@H](C)C(=O)NCC(=O)N[C@@H](CCCNC(=N)N)C(=O)O. The molecule has 7 rings (SSSR count). The molecule has 52 heteroatoms. The van der Waals surface area contributed by atoms with Crippen molar-refractivity contribution < 1.29 is 136 Å². The van der Waals surface area contributed by atoms with Crippen LogP contribution in [0.3, 0.4) is 0 Å². The standard InChI is InChI=1S/C86H114N24O28/c1-10-38(4)68(82(133)108-59(31-63(88)114)80(131)105-54(20-23-65(116)117)76(127)98-39(5)69(120)94-34-64(115)102-56(83(134)135)12-11-25-93-85(89)90)110-77(128)55(21-24-66(118)119)103-71(122)42(8)101-78(129)57(27-45-32-91-35-95-45)106-72(123)41(7)97-70(121)40(6)100-79(130)58(28-46-33-92-36-96-46)107-81(132)67(37(2)3)109-73(124)43(9)99-75(126)53(19-22-62(87)113)104-74(125)44-13-16-49-52(26-44)86(138-84(49)136)50-17-14-47(111)29-60(50)137-61-30-48(112)15-18-51(61)86/h13-18,26,29-30,32-33,35-43,53-59,67-68,111-112H,10-12,19-25,27-28,31,34H2,1-9H3,(H2,87,113)(H2,88,114)(H,91,95)(H,92,96)(H,94,120)(H,97,121)(H,98,127)(H,99,126)(H,100,130)(H,101,129)(H,102,115)(H,103,122)(H,104,125)(H,105,131)(H,106,123)(H,107,132)(H,108,133)(H,109,124)(H,110,128)(H,116,117)(H,118,119)(H,134,135)(H4,89,90,93)/t38-,39-,40-,41-,42-,43-,53-,54-,55-,56-,57-,58-,59-,67-,68-/m0/s1. The highest BCUT2D eigenvalue weighted by Gasteiger charge is 2.54. The molecule has 30 N–H and O–H groups in total. The van der Waals surface area contributed by atoms with E-state index in [1.165, 1.54) is 107 Å². The number of nitrogens with two attached hydrogens (primary N) is 3. The molecule has 1 spiro atoms. The Kier molecular flexibility index (Phi) is 39.4. The van der Waals surface area contributed by atoms with Crippen LogP contribution in [0, 0.1) is 17.2 Å². The molecule has 138 heavy (non-hydrogen) atoms. The first-order valence-corrected chi connectivity index (χ1v) is 43.5. The van der Waals surface area contributed by atoms with E-state index in [2.05, 4.69) is 105 Å². The lowest BCUT2D eigenvalue weighted by atomic mass is 9.77. The number of carbonyl (C=O) groups excluding carboxylic acids is 18. The number of fused-ring (bicyclic) bond motifs is 6. The molecule has 0 saturated heterocycles. The molecular weight excluding hydrogens is 1820 g/mol. The van der Waals surface area contributed by atoms with Gasteiger partial charge in [-0.05, 0) is 121 Å². The van der Waals surface area contributed by atoms with Gasteiger partial charge in [-0.15, -0.1) is 0 Å². The molecule has 0 radical (unpaired) electrons. The van der Waals surface area contributed by atoms with Gasteiger partial charge in [0.25, 0.3) is 5.91 Å². The van der Waals surface area contributed by atoms with E-state index in [9.17, 15) is 126 Å². The van der Waals surface area contributed by atoms with Gasteiger partial charge in [0.15, 0.2) is 11.6 Å². The zero-order valence-electron chi connectivity index (χ0n) is 76.4. The second-order valence-corrected chi connectivity index (χ2v) is 33.1. The fourth-order valence-corrected chi connectivity index (χ4v) is 14.2. The number of nitrogens with one attached hydrogen (secondary N) is 19. The smallest absolute Gasteiger partial charge is 0.340 e. The van der Waals surface area contributed by atoms with E-state index in [4.69, 9.17) is 32.1 Å². The number of aromatic amines is 2. The van der Waals surface area contributed by atoms with Crippen molar-refractivity contribution >= 4 is 130 Å². The summed E-state index contributed by atoms with van der Waals surface area (Å²) < 4.78 is 12.1. The van der Waals surface area contributed by atoms with Gasteiger partial charge in [0, 0.05) is 85.4 Å². The lowest BCUT2D eigenvalue weighted by Gasteiger charge is -2.36. The van der Waals surface area contributed by atoms with Crippen molar-refractivity contribution in [2.24, 2.45) is 29.0 Å². The Morgan fingerprint density at radius 2 is 0.862 bits per heavy atom. The van der Waals surface area contributed by atoms with E-state index in [1.807, 2.05) is 0 Å². The van der Waals surface area contributed by atoms with Gasteiger partial charge in [0.05, 0.1) is 42.6 Å². The molecule has 0 aliphatic carbocycles. The molecule has 0 unspecified atom stereocenters. The number of ether oxygens (including phenoxy) is 2. The van der Waals surface area contributed by atoms with Crippen molar-refractivity contribution in [1.82, 2.24) is 105 Å². The predicted molar refractivity (Wildman–Crippen MR) is 477 cm³/mol. The maximum absolute atomic E-state index is 14.4. The van der Waals surface area contributed by atoms with Gasteiger partial charge in [0.2, 0.25) is 94.5 Å². The number of phenols is 2. The summed E-state index contributed by atoms with van der Waals surface area (Å²) >= 11 is 0. The summed E-state index contributed by atoms with van der Waals surface area (Å²) in [5.74, 6) is -25.5. The number of carboxylic acid groups (broad SMARTS) is 3. The number of esters is 1. The molecule has 0 bridgehead atoms. The lowest BCUT2D eigenvalue weighted by Crippen LogP contribution is -2.61. The quantitative estimate of drug-likeness (QED) is 0.00746. The highest BCUT2D eigenvalue weighted by Crippen LogP contribution is 2.57. The molecule has 15 atom stereocenters. The summed E-state index contributed by atoms with van der Waals surface area (Å²) in [6.45, 7) is 11.3. The molecule has 52 nitrogen and oxygen atoms in total. The van der Waals surface area contributed by atoms with Gasteiger partial charge >= 0.3 is 23.9 Å². The second kappa shape index (κ2) is 50.1. The number of rotatable bonds is 53. The number of guanidine groups is 1. The van der Waals surface area contributed by atoms with Gasteiger partial charge in [-0.2, -0.15) is 0 Å². The molecule has 17 amide bonds. The Morgan fingerprint density at radius 3 is 1.33 bits per heavy atom. The summed E-state index contributed by atoms with van der Waals surface area (Å²) in [4.78, 5) is 297. The number of aromatic nitrogens is 4. The van der Waals surface area contributed by atoms with Gasteiger partial charge in [-0.25, -0.2) is 19.6 Å². The Labute approximate surface area is 786 Å². The number of amides is 17. The Morgan fingerprint density at radius 1 is 0.442 bits per heavy atom. The predicted octanol–water partition coefficient (Wildman–Crippen LogP) is -5.87. The van der Waals surface area contributed by atoms with Crippen LogP contribution in [0.2, 0.25) is 0 Å². The van der Waals surface area contributed by atoms with Crippen LogP contribution in [0.5, 0.6) is 23.0 Å². The monoisotopic (exact) mass is 1930 g/mol. The highest BCUT2D eigenvalue weighted by molar-refractivity contribution is 6.05. The number of carbonyl (C=O) groups is 21. The summed E-state index contributed by atoms with van der Waals surface area (Å²) in [5.41, 5.74) is 15.3. The molecule has 3 aromatic carbocycles. The van der Waals surface area contributed by atoms with Crippen LogP contribution in [-0.2, 0) is 114 Å². The van der Waals surface area contributed by atoms with Crippen LogP contribution in [-0.4, -0.2) is 273 Å². The van der Waals surface area contributed by atoms with Crippen LogP contribution in [0.15, 0.2) is 79.6 Å². The Balaban J connectivity index is 0.955. The fourth-order valence-electron chi connectivity index (χ4n) is 14.2. The number of aromatic hydroxyl groups is 2. The van der Waals surface area contributed by atoms with Crippen LogP contribution in [0.25, 0.3) is 0 Å². The number of carboxylic acids is 3. The highest BCUT2D eigenvalue weighted by atomic mass is 16.6. The Bertz CT molecular complexity index is 5350. The molecular formula is C86H114N24O28. The summed E-state index contributed by atoms with van der Waals surface area (Å²) in [6.07, 6.45) is -0.0698. The van der Waals surface area contributed by atoms with Crippen LogP contribution < -0.4 is 107 Å². The molecule has 4 heterocycles. The van der Waals surface area contributed by atoms with Gasteiger partial charge < -0.3 is 147 Å². The minimum atomic E-state index is -1.99. The van der Waals surface area contributed by atoms with Crippen LogP contribution in [0.1, 0.15) is 175 Å². The first-order chi connectivity index (χ1) is 65.0. The number of nitrogens with zero attached hydrogens (tertiary/aromatic N) is 2. The lowest BCUT2D eigenvalue weighted by molar-refractivity contribution is -0.142. The molecule has 0 fully saturated rings. The van der Waals surface area contributed by atoms with Gasteiger partial charge in [0.1, 0.15) is 108 Å². The van der Waals surface area contributed by atoms with Crippen molar-refractivity contribution in [3.05, 3.63) is 119 Å². The summed E-state index contributed by atoms with van der Waals surface area (Å²) in [6, 6.07) is -10.6. The minimum Gasteiger partial charge on any atom is -0.508 e. The van der Waals surface area contributed by atoms with Gasteiger partial charge in [-0.3, -0.25) is 96.5 Å². The van der Waals surface area contributed by atoms with E-state index in [1.54, 1.807) is 20.8 Å². The largest absolute Gasteiger partial charge is 0.508 e. The van der Waals surface area contributed by atoms with Crippen molar-refractivity contribution in [2.75, 3.05) is 13.1 Å². The number of H-pyrrole nitrogens is 2. The molecule has 2 aliphatic heterocycles. The van der Waals surface area contributed by atoms with E-state index >= 15 is 0 Å². The third-order valence-corrected chi connectivity index (χ3v) is 22.0. The van der Waals surface area contributed by atoms with Crippen molar-refractivity contribution in [3.8, 4) is 23.0 Å². The second-order valence-electron chi connectivity index (χ2n) is 33.1. The first kappa shape index (κ1) is 109. The molecule has 2 aromatic heterocycles. The summed E-state index contributed by atoms with van der Waals surface area (Å²) in [5, 5.41) is 95.1. The topological polar surface area (TPSA) is 830 Å². The number of imidazole rings is 2. The molecule has 0 saturated carbocycles. The zero-order chi connectivity index (χ0) is 102. The van der Waals surface area contributed by atoms with E-state index in [0.717, 1.165) is 13.8 Å². The molecule has 5 aromatic rings. The average molecular weight is 1930 g/mol. The normalized spacial score (nSPS) is 15.2. The fraction of sp³-hybridized carbons (Fsp3) is 0.465.